The molecule has 0 aromatic heterocycles. The van der Waals surface area contributed by atoms with Crippen LogP contribution in [0.15, 0.2) is 29.2 Å². The van der Waals surface area contributed by atoms with Crippen molar-refractivity contribution in [2.75, 3.05) is 18.4 Å². The van der Waals surface area contributed by atoms with Crippen LogP contribution in [0.2, 0.25) is 0 Å². The van der Waals surface area contributed by atoms with Crippen molar-refractivity contribution in [2.45, 2.75) is 39.0 Å². The number of anilines is 1. The van der Waals surface area contributed by atoms with Gasteiger partial charge in [0.05, 0.1) is 4.90 Å². The third-order valence-corrected chi connectivity index (χ3v) is 4.92. The van der Waals surface area contributed by atoms with Crippen LogP contribution < -0.4 is 10.0 Å². The summed E-state index contributed by atoms with van der Waals surface area (Å²) in [4.78, 5) is 0.315. The van der Waals surface area contributed by atoms with E-state index in [1.807, 2.05) is 6.92 Å². The Morgan fingerprint density at radius 3 is 2.20 bits per heavy atom. The summed E-state index contributed by atoms with van der Waals surface area (Å²) in [6, 6.07) is 6.88. The van der Waals surface area contributed by atoms with Crippen LogP contribution in [0, 0.1) is 11.8 Å². The van der Waals surface area contributed by atoms with Crippen LogP contribution in [0.25, 0.3) is 0 Å². The largest absolute Gasteiger partial charge is 0.385 e. The fraction of sp³-hybridized carbons (Fsp3) is 0.600. The Morgan fingerprint density at radius 2 is 1.70 bits per heavy atom. The van der Waals surface area contributed by atoms with Gasteiger partial charge in [0.1, 0.15) is 0 Å². The predicted octanol–water partition coefficient (Wildman–Crippen LogP) is 3.08. The predicted molar refractivity (Wildman–Crippen MR) is 84.4 cm³/mol. The highest BCUT2D eigenvalue weighted by Crippen LogP contribution is 2.15. The molecule has 5 heteroatoms. The molecule has 0 heterocycles. The molecule has 0 saturated heterocycles. The van der Waals surface area contributed by atoms with Gasteiger partial charge in [-0.3, -0.25) is 0 Å². The van der Waals surface area contributed by atoms with Gasteiger partial charge >= 0.3 is 0 Å². The smallest absolute Gasteiger partial charge is 0.240 e. The molecule has 0 amide bonds. The van der Waals surface area contributed by atoms with E-state index in [4.69, 9.17) is 0 Å². The monoisotopic (exact) mass is 298 g/mol. The van der Waals surface area contributed by atoms with Crippen LogP contribution >= 0.6 is 0 Å². The van der Waals surface area contributed by atoms with Gasteiger partial charge < -0.3 is 5.32 Å². The molecule has 0 spiro atoms. The normalized spacial score (nSPS) is 13.4. The van der Waals surface area contributed by atoms with Crippen molar-refractivity contribution in [1.29, 1.82) is 0 Å². The minimum Gasteiger partial charge on any atom is -0.385 e. The first kappa shape index (κ1) is 17.0. The van der Waals surface area contributed by atoms with E-state index in [0.29, 0.717) is 23.3 Å². The fourth-order valence-corrected chi connectivity index (χ4v) is 2.72. The zero-order chi connectivity index (χ0) is 15.2. The fourth-order valence-electron chi connectivity index (χ4n) is 1.58. The number of rotatable bonds is 8. The maximum Gasteiger partial charge on any atom is 0.240 e. The highest BCUT2D eigenvalue weighted by Gasteiger charge is 2.16. The van der Waals surface area contributed by atoms with Crippen LogP contribution in [-0.4, -0.2) is 21.5 Å². The highest BCUT2D eigenvalue weighted by molar-refractivity contribution is 7.89. The average Bonchev–Trinajstić information content (AvgIpc) is 2.43. The van der Waals surface area contributed by atoms with Gasteiger partial charge in [-0.2, -0.15) is 0 Å². The summed E-state index contributed by atoms with van der Waals surface area (Å²) in [7, 11) is -3.40. The minimum absolute atomic E-state index is 0.315. The lowest BCUT2D eigenvalue weighted by Crippen LogP contribution is -2.30. The number of sulfonamides is 1. The van der Waals surface area contributed by atoms with Crippen molar-refractivity contribution in [2.24, 2.45) is 11.8 Å². The number of benzene rings is 1. The lowest BCUT2D eigenvalue weighted by Gasteiger charge is -2.16. The van der Waals surface area contributed by atoms with Crippen molar-refractivity contribution >= 4 is 15.7 Å². The van der Waals surface area contributed by atoms with Gasteiger partial charge in [0.25, 0.3) is 0 Å². The van der Waals surface area contributed by atoms with Gasteiger partial charge in [-0.05, 0) is 42.5 Å². The van der Waals surface area contributed by atoms with Gasteiger partial charge in [0.2, 0.25) is 10.0 Å². The third-order valence-electron chi connectivity index (χ3n) is 3.48. The van der Waals surface area contributed by atoms with Gasteiger partial charge in [0.15, 0.2) is 0 Å². The molecule has 1 rings (SSSR count). The summed E-state index contributed by atoms with van der Waals surface area (Å²) in [5.74, 6) is 0.772. The Balaban J connectivity index is 2.68. The van der Waals surface area contributed by atoms with Crippen LogP contribution in [0.4, 0.5) is 5.69 Å². The van der Waals surface area contributed by atoms with Gasteiger partial charge in [-0.15, -0.1) is 0 Å². The lowest BCUT2D eigenvalue weighted by molar-refractivity contribution is 0.414. The molecule has 1 unspecified atom stereocenters. The summed E-state index contributed by atoms with van der Waals surface area (Å²) in [6.45, 7) is 9.67. The first-order valence-electron chi connectivity index (χ1n) is 7.20. The van der Waals surface area contributed by atoms with E-state index in [2.05, 4.69) is 30.8 Å². The van der Waals surface area contributed by atoms with E-state index in [1.54, 1.807) is 24.3 Å². The van der Waals surface area contributed by atoms with E-state index in [1.165, 1.54) is 0 Å². The molecule has 0 aliphatic carbocycles. The number of hydrogen-bond acceptors (Lipinski definition) is 3. The molecule has 0 aliphatic rings. The maximum atomic E-state index is 12.2. The first-order chi connectivity index (χ1) is 9.36. The molecule has 4 nitrogen and oxygen atoms in total. The van der Waals surface area contributed by atoms with Crippen molar-refractivity contribution in [3.8, 4) is 0 Å². The van der Waals surface area contributed by atoms with E-state index in [-0.39, 0.29) is 0 Å². The second-order valence-electron chi connectivity index (χ2n) is 5.52. The summed E-state index contributed by atoms with van der Waals surface area (Å²) in [6.07, 6.45) is 1.04. The van der Waals surface area contributed by atoms with Crippen molar-refractivity contribution < 1.29 is 8.42 Å². The Hall–Kier alpha value is -1.07. The Kier molecular flexibility index (Phi) is 6.49. The molecule has 0 bridgehead atoms. The molecule has 1 atom stereocenters. The number of nitrogens with one attached hydrogen (secondary N) is 2. The average molecular weight is 298 g/mol. The SMILES string of the molecule is CCCNc1ccc(S(=O)(=O)NCC(C)C(C)C)cc1. The third kappa shape index (κ3) is 5.13. The number of hydrogen-bond donors (Lipinski definition) is 2. The van der Waals surface area contributed by atoms with E-state index in [0.717, 1.165) is 18.7 Å². The molecule has 0 radical (unpaired) electrons. The minimum atomic E-state index is -3.40. The quantitative estimate of drug-likeness (QED) is 0.775. The molecule has 1 aromatic rings. The molecule has 0 saturated carbocycles. The van der Waals surface area contributed by atoms with Crippen LogP contribution in [0.5, 0.6) is 0 Å². The first-order valence-corrected chi connectivity index (χ1v) is 8.68. The Bertz CT molecular complexity index is 495. The maximum absolute atomic E-state index is 12.2. The molecular formula is C15H26N2O2S. The second-order valence-corrected chi connectivity index (χ2v) is 7.29. The highest BCUT2D eigenvalue weighted by atomic mass is 32.2. The van der Waals surface area contributed by atoms with Crippen LogP contribution in [0.1, 0.15) is 34.1 Å². The van der Waals surface area contributed by atoms with Gasteiger partial charge in [-0.1, -0.05) is 27.7 Å². The molecule has 1 aromatic carbocycles. The zero-order valence-corrected chi connectivity index (χ0v) is 13.6. The Labute approximate surface area is 123 Å². The summed E-state index contributed by atoms with van der Waals surface area (Å²) >= 11 is 0. The van der Waals surface area contributed by atoms with Gasteiger partial charge in [0, 0.05) is 18.8 Å². The zero-order valence-electron chi connectivity index (χ0n) is 12.8. The standard InChI is InChI=1S/C15H26N2O2S/c1-5-10-16-14-6-8-15(9-7-14)20(18,19)17-11-13(4)12(2)3/h6-9,12-13,16-17H,5,10-11H2,1-4H3. The van der Waals surface area contributed by atoms with E-state index >= 15 is 0 Å². The van der Waals surface area contributed by atoms with Crippen LogP contribution in [-0.2, 0) is 10.0 Å². The van der Waals surface area contributed by atoms with E-state index < -0.39 is 10.0 Å². The van der Waals surface area contributed by atoms with Gasteiger partial charge in [-0.25, -0.2) is 13.1 Å². The molecule has 0 aliphatic heterocycles. The van der Waals surface area contributed by atoms with Crippen molar-refractivity contribution in [3.63, 3.8) is 0 Å². The lowest BCUT2D eigenvalue weighted by atomic mass is 9.99. The molecule has 0 fully saturated rings. The second kappa shape index (κ2) is 7.64. The molecular weight excluding hydrogens is 272 g/mol. The summed E-state index contributed by atoms with van der Waals surface area (Å²) in [5.41, 5.74) is 0.946. The van der Waals surface area contributed by atoms with Crippen molar-refractivity contribution in [3.05, 3.63) is 24.3 Å². The van der Waals surface area contributed by atoms with Crippen LogP contribution in [0.3, 0.4) is 0 Å². The summed E-state index contributed by atoms with van der Waals surface area (Å²) < 4.78 is 27.0. The molecule has 114 valence electrons. The Morgan fingerprint density at radius 1 is 1.10 bits per heavy atom. The summed E-state index contributed by atoms with van der Waals surface area (Å²) in [5, 5.41) is 3.22. The van der Waals surface area contributed by atoms with E-state index in [9.17, 15) is 8.42 Å². The molecule has 2 N–H and O–H groups in total. The topological polar surface area (TPSA) is 58.2 Å². The molecule has 20 heavy (non-hydrogen) atoms. The van der Waals surface area contributed by atoms with Crippen molar-refractivity contribution in [1.82, 2.24) is 4.72 Å².